The average Bonchev–Trinajstić information content (AvgIpc) is 2.83. The smallest absolute Gasteiger partial charge is 0.309 e. The molecule has 2 fully saturated rings. The van der Waals surface area contributed by atoms with Crippen molar-refractivity contribution < 1.29 is 9.53 Å². The molecule has 0 saturated heterocycles. The molecule has 2 saturated carbocycles. The van der Waals surface area contributed by atoms with Gasteiger partial charge in [-0.25, -0.2) is 0 Å². The molecule has 0 aromatic heterocycles. The maximum absolute atomic E-state index is 12.2. The molecule has 0 amide bonds. The molecule has 2 nitrogen and oxygen atoms in total. The van der Waals surface area contributed by atoms with Crippen LogP contribution in [0.4, 0.5) is 0 Å². The number of esters is 1. The number of fused-ring (bicyclic) bond motifs is 1. The predicted molar refractivity (Wildman–Crippen MR) is 71.1 cm³/mol. The van der Waals surface area contributed by atoms with Gasteiger partial charge in [-0.05, 0) is 56.4 Å². The van der Waals surface area contributed by atoms with Crippen LogP contribution in [0.5, 0.6) is 0 Å². The molecule has 0 N–H and O–H groups in total. The molecule has 0 heterocycles. The van der Waals surface area contributed by atoms with Crippen molar-refractivity contribution in [2.24, 2.45) is 11.8 Å². The number of carbonyl (C=O) groups is 1. The van der Waals surface area contributed by atoms with Crippen molar-refractivity contribution in [3.05, 3.63) is 11.6 Å². The van der Waals surface area contributed by atoms with E-state index in [0.29, 0.717) is 0 Å². The first-order valence-corrected chi connectivity index (χ1v) is 7.75. The fourth-order valence-electron chi connectivity index (χ4n) is 3.89. The van der Waals surface area contributed by atoms with Gasteiger partial charge in [-0.2, -0.15) is 0 Å². The van der Waals surface area contributed by atoms with Gasteiger partial charge in [0, 0.05) is 0 Å². The number of hydrogen-bond acceptors (Lipinski definition) is 2. The van der Waals surface area contributed by atoms with Crippen LogP contribution in [-0.4, -0.2) is 12.1 Å². The molecule has 0 bridgehead atoms. The average molecular weight is 248 g/mol. The summed E-state index contributed by atoms with van der Waals surface area (Å²) in [4.78, 5) is 12.2. The van der Waals surface area contributed by atoms with Crippen LogP contribution < -0.4 is 0 Å². The van der Waals surface area contributed by atoms with Gasteiger partial charge in [0.05, 0.1) is 5.92 Å². The molecule has 3 aliphatic rings. The highest BCUT2D eigenvalue weighted by Gasteiger charge is 2.35. The van der Waals surface area contributed by atoms with Gasteiger partial charge in [0.15, 0.2) is 0 Å². The summed E-state index contributed by atoms with van der Waals surface area (Å²) in [6.07, 6.45) is 14.4. The third-order valence-corrected chi connectivity index (χ3v) is 4.95. The summed E-state index contributed by atoms with van der Waals surface area (Å²) in [5.74, 6) is 1.01. The van der Waals surface area contributed by atoms with Crippen LogP contribution in [0.1, 0.15) is 64.2 Å². The Hall–Kier alpha value is -0.790. The number of ether oxygens (including phenoxy) is 1. The monoisotopic (exact) mass is 248 g/mol. The molecule has 0 aromatic carbocycles. The zero-order chi connectivity index (χ0) is 12.4. The molecule has 2 atom stereocenters. The van der Waals surface area contributed by atoms with Gasteiger partial charge < -0.3 is 4.74 Å². The molecule has 0 spiro atoms. The Morgan fingerprint density at radius 2 is 1.83 bits per heavy atom. The van der Waals surface area contributed by atoms with Gasteiger partial charge in [-0.1, -0.05) is 25.3 Å². The number of hydrogen-bond donors (Lipinski definition) is 0. The molecule has 2 heteroatoms. The molecule has 0 radical (unpaired) electrons. The summed E-state index contributed by atoms with van der Waals surface area (Å²) < 4.78 is 5.81. The Balaban J connectivity index is 1.59. The summed E-state index contributed by atoms with van der Waals surface area (Å²) in [6.45, 7) is 0. The van der Waals surface area contributed by atoms with E-state index in [1.54, 1.807) is 0 Å². The highest BCUT2D eigenvalue weighted by atomic mass is 16.5. The molecule has 2 unspecified atom stereocenters. The van der Waals surface area contributed by atoms with Gasteiger partial charge in [-0.15, -0.1) is 0 Å². The van der Waals surface area contributed by atoms with Crippen molar-refractivity contribution >= 4 is 5.97 Å². The van der Waals surface area contributed by atoms with Gasteiger partial charge in [0.2, 0.25) is 0 Å². The Morgan fingerprint density at radius 3 is 2.67 bits per heavy atom. The van der Waals surface area contributed by atoms with Crippen molar-refractivity contribution in [1.29, 1.82) is 0 Å². The zero-order valence-corrected chi connectivity index (χ0v) is 11.2. The summed E-state index contributed by atoms with van der Waals surface area (Å²) in [7, 11) is 0. The Kier molecular flexibility index (Phi) is 3.72. The van der Waals surface area contributed by atoms with E-state index in [9.17, 15) is 4.79 Å². The van der Waals surface area contributed by atoms with Crippen LogP contribution in [0.2, 0.25) is 0 Å². The SMILES string of the molecule is O=C(OC1CCC2CCCC=C21)C1CCCCC1. The minimum atomic E-state index is 0.0897. The summed E-state index contributed by atoms with van der Waals surface area (Å²) in [6, 6.07) is 0. The number of allylic oxidation sites excluding steroid dienone is 1. The zero-order valence-electron chi connectivity index (χ0n) is 11.2. The summed E-state index contributed by atoms with van der Waals surface area (Å²) in [5, 5.41) is 0. The van der Waals surface area contributed by atoms with E-state index in [1.165, 1.54) is 50.5 Å². The maximum atomic E-state index is 12.2. The van der Waals surface area contributed by atoms with Crippen LogP contribution in [0.3, 0.4) is 0 Å². The topological polar surface area (TPSA) is 26.3 Å². The van der Waals surface area contributed by atoms with Crippen molar-refractivity contribution in [3.8, 4) is 0 Å². The molecule has 0 aromatic rings. The van der Waals surface area contributed by atoms with E-state index in [4.69, 9.17) is 4.74 Å². The van der Waals surface area contributed by atoms with E-state index >= 15 is 0 Å². The third-order valence-electron chi connectivity index (χ3n) is 4.95. The first-order chi connectivity index (χ1) is 8.84. The third kappa shape index (κ3) is 2.48. The Bertz CT molecular complexity index is 339. The quantitative estimate of drug-likeness (QED) is 0.545. The Labute approximate surface area is 110 Å². The fourth-order valence-corrected chi connectivity index (χ4v) is 3.89. The van der Waals surface area contributed by atoms with Gasteiger partial charge >= 0.3 is 5.97 Å². The van der Waals surface area contributed by atoms with E-state index in [-0.39, 0.29) is 18.0 Å². The molecule has 100 valence electrons. The highest BCUT2D eigenvalue weighted by Crippen LogP contribution is 2.40. The molecular weight excluding hydrogens is 224 g/mol. The molecular formula is C16H24O2. The van der Waals surface area contributed by atoms with Crippen LogP contribution >= 0.6 is 0 Å². The molecule has 3 aliphatic carbocycles. The van der Waals surface area contributed by atoms with Crippen molar-refractivity contribution in [2.75, 3.05) is 0 Å². The second-order valence-electron chi connectivity index (χ2n) is 6.17. The number of carbonyl (C=O) groups excluding carboxylic acids is 1. The molecule has 18 heavy (non-hydrogen) atoms. The van der Waals surface area contributed by atoms with E-state index < -0.39 is 0 Å². The molecule has 0 aliphatic heterocycles. The first kappa shape index (κ1) is 12.3. The summed E-state index contributed by atoms with van der Waals surface area (Å²) in [5.41, 5.74) is 1.45. The van der Waals surface area contributed by atoms with Crippen LogP contribution in [0.25, 0.3) is 0 Å². The summed E-state index contributed by atoms with van der Waals surface area (Å²) >= 11 is 0. The number of rotatable bonds is 2. The van der Waals surface area contributed by atoms with E-state index in [0.717, 1.165) is 25.2 Å². The van der Waals surface area contributed by atoms with Crippen molar-refractivity contribution in [1.82, 2.24) is 0 Å². The van der Waals surface area contributed by atoms with E-state index in [2.05, 4.69) is 6.08 Å². The van der Waals surface area contributed by atoms with Crippen LogP contribution in [0.15, 0.2) is 11.6 Å². The minimum absolute atomic E-state index is 0.0897. The lowest BCUT2D eigenvalue weighted by Crippen LogP contribution is -2.26. The van der Waals surface area contributed by atoms with Crippen LogP contribution in [-0.2, 0) is 9.53 Å². The minimum Gasteiger partial charge on any atom is -0.458 e. The normalized spacial score (nSPS) is 32.8. The van der Waals surface area contributed by atoms with E-state index in [1.807, 2.05) is 0 Å². The Morgan fingerprint density at radius 1 is 1.00 bits per heavy atom. The van der Waals surface area contributed by atoms with Gasteiger partial charge in [0.25, 0.3) is 0 Å². The molecule has 3 rings (SSSR count). The first-order valence-electron chi connectivity index (χ1n) is 7.75. The lowest BCUT2D eigenvalue weighted by molar-refractivity contribution is -0.153. The lowest BCUT2D eigenvalue weighted by atomic mass is 9.89. The van der Waals surface area contributed by atoms with Crippen molar-refractivity contribution in [2.45, 2.75) is 70.3 Å². The highest BCUT2D eigenvalue weighted by molar-refractivity contribution is 5.73. The van der Waals surface area contributed by atoms with Gasteiger partial charge in [0.1, 0.15) is 6.10 Å². The largest absolute Gasteiger partial charge is 0.458 e. The second kappa shape index (κ2) is 5.46. The van der Waals surface area contributed by atoms with Crippen LogP contribution in [0, 0.1) is 11.8 Å². The lowest BCUT2D eigenvalue weighted by Gasteiger charge is -2.25. The standard InChI is InChI=1S/C16H24O2/c17-16(13-7-2-1-3-8-13)18-15-11-10-12-6-4-5-9-14(12)15/h9,12-13,15H,1-8,10-11H2. The fraction of sp³-hybridized carbons (Fsp3) is 0.812. The van der Waals surface area contributed by atoms with Crippen molar-refractivity contribution in [3.63, 3.8) is 0 Å². The predicted octanol–water partition coefficient (Wildman–Crippen LogP) is 4.00. The van der Waals surface area contributed by atoms with Gasteiger partial charge in [-0.3, -0.25) is 4.79 Å². The second-order valence-corrected chi connectivity index (χ2v) is 6.17. The maximum Gasteiger partial charge on any atom is 0.309 e.